The minimum Gasteiger partial charge on any atom is -0.325 e. The number of amides is 1. The second-order valence-corrected chi connectivity index (χ2v) is 8.40. The van der Waals surface area contributed by atoms with Crippen molar-refractivity contribution >= 4 is 23.4 Å². The Labute approximate surface area is 150 Å². The number of rotatable bonds is 4. The number of aryl methyl sites for hydroxylation is 3. The highest BCUT2D eigenvalue weighted by Crippen LogP contribution is 2.29. The molecule has 2 rings (SSSR count). The molecule has 0 bridgehead atoms. The fourth-order valence-electron chi connectivity index (χ4n) is 2.51. The molecule has 0 aromatic heterocycles. The van der Waals surface area contributed by atoms with Gasteiger partial charge < -0.3 is 5.32 Å². The Hall–Kier alpha value is -1.74. The normalized spacial score (nSPS) is 11.4. The quantitative estimate of drug-likeness (QED) is 0.729. The summed E-state index contributed by atoms with van der Waals surface area (Å²) in [4.78, 5) is 13.5. The molecule has 3 heteroatoms. The second kappa shape index (κ2) is 7.43. The fourth-order valence-corrected chi connectivity index (χ4v) is 3.37. The van der Waals surface area contributed by atoms with Crippen LogP contribution in [0.4, 0.5) is 5.69 Å². The Bertz CT molecular complexity index is 744. The van der Waals surface area contributed by atoms with Crippen molar-refractivity contribution in [3.8, 4) is 0 Å². The second-order valence-electron chi connectivity index (χ2n) is 7.39. The number of carbonyl (C=O) groups is 1. The molecule has 1 N–H and O–H groups in total. The Morgan fingerprint density at radius 2 is 1.71 bits per heavy atom. The van der Waals surface area contributed by atoms with Crippen LogP contribution in [0.25, 0.3) is 0 Å². The van der Waals surface area contributed by atoms with Gasteiger partial charge in [-0.25, -0.2) is 0 Å². The first kappa shape index (κ1) is 18.6. The average molecular weight is 342 g/mol. The van der Waals surface area contributed by atoms with E-state index in [4.69, 9.17) is 0 Å². The molecule has 2 nitrogen and oxygen atoms in total. The molecule has 128 valence electrons. The molecule has 0 saturated heterocycles. The molecule has 0 radical (unpaired) electrons. The molecule has 0 aliphatic rings. The maximum atomic E-state index is 12.3. The molecule has 0 spiro atoms. The molecule has 0 aliphatic carbocycles. The largest absolute Gasteiger partial charge is 0.325 e. The van der Waals surface area contributed by atoms with Crippen LogP contribution in [0.5, 0.6) is 0 Å². The first-order valence-electron chi connectivity index (χ1n) is 8.28. The standard InChI is InChI=1S/C21H27NOS/c1-14-7-10-18(16(3)11-14)22-20(23)13-24-19-12-17(21(4,5)6)9-8-15(19)2/h7-12H,13H2,1-6H3,(H,22,23). The number of hydrogen-bond acceptors (Lipinski definition) is 2. The van der Waals surface area contributed by atoms with Gasteiger partial charge in [0.25, 0.3) is 0 Å². The van der Waals surface area contributed by atoms with E-state index >= 15 is 0 Å². The fraction of sp³-hybridized carbons (Fsp3) is 0.381. The number of carbonyl (C=O) groups excluding carboxylic acids is 1. The highest BCUT2D eigenvalue weighted by molar-refractivity contribution is 8.00. The van der Waals surface area contributed by atoms with E-state index in [1.54, 1.807) is 11.8 Å². The molecule has 24 heavy (non-hydrogen) atoms. The van der Waals surface area contributed by atoms with Gasteiger partial charge in [0.15, 0.2) is 0 Å². The van der Waals surface area contributed by atoms with Crippen LogP contribution in [0.3, 0.4) is 0 Å². The number of anilines is 1. The number of nitrogens with one attached hydrogen (secondary N) is 1. The third-order valence-electron chi connectivity index (χ3n) is 4.07. The molecule has 0 saturated carbocycles. The Morgan fingerprint density at radius 3 is 2.33 bits per heavy atom. The smallest absolute Gasteiger partial charge is 0.234 e. The van der Waals surface area contributed by atoms with Crippen LogP contribution < -0.4 is 5.32 Å². The van der Waals surface area contributed by atoms with Crippen LogP contribution in [0.15, 0.2) is 41.3 Å². The lowest BCUT2D eigenvalue weighted by molar-refractivity contribution is -0.113. The zero-order chi connectivity index (χ0) is 17.9. The van der Waals surface area contributed by atoms with Gasteiger partial charge in [-0.3, -0.25) is 4.79 Å². The molecule has 0 heterocycles. The zero-order valence-electron chi connectivity index (χ0n) is 15.5. The molecule has 2 aromatic rings. The topological polar surface area (TPSA) is 29.1 Å². The monoisotopic (exact) mass is 341 g/mol. The van der Waals surface area contributed by atoms with E-state index in [1.807, 2.05) is 19.1 Å². The summed E-state index contributed by atoms with van der Waals surface area (Å²) in [5.41, 5.74) is 5.82. The third kappa shape index (κ3) is 4.88. The van der Waals surface area contributed by atoms with Crippen molar-refractivity contribution in [2.24, 2.45) is 0 Å². The summed E-state index contributed by atoms with van der Waals surface area (Å²) in [6.45, 7) is 12.8. The first-order chi connectivity index (χ1) is 11.2. The molecular formula is C21H27NOS. The molecule has 2 aromatic carbocycles. The lowest BCUT2D eigenvalue weighted by Crippen LogP contribution is -2.15. The Morgan fingerprint density at radius 1 is 1.00 bits per heavy atom. The summed E-state index contributed by atoms with van der Waals surface area (Å²) < 4.78 is 0. The average Bonchev–Trinajstić information content (AvgIpc) is 2.48. The van der Waals surface area contributed by atoms with Gasteiger partial charge in [-0.15, -0.1) is 11.8 Å². The minimum atomic E-state index is 0.0347. The molecule has 0 fully saturated rings. The van der Waals surface area contributed by atoms with Crippen LogP contribution in [-0.2, 0) is 10.2 Å². The van der Waals surface area contributed by atoms with Gasteiger partial charge in [-0.05, 0) is 55.0 Å². The van der Waals surface area contributed by atoms with E-state index in [0.29, 0.717) is 5.75 Å². The van der Waals surface area contributed by atoms with Gasteiger partial charge in [0.1, 0.15) is 0 Å². The van der Waals surface area contributed by atoms with Gasteiger partial charge in [-0.1, -0.05) is 50.6 Å². The van der Waals surface area contributed by atoms with E-state index < -0.39 is 0 Å². The zero-order valence-corrected chi connectivity index (χ0v) is 16.3. The molecule has 0 unspecified atom stereocenters. The summed E-state index contributed by atoms with van der Waals surface area (Å²) in [5, 5.41) is 3.01. The maximum absolute atomic E-state index is 12.3. The first-order valence-corrected chi connectivity index (χ1v) is 9.26. The third-order valence-corrected chi connectivity index (χ3v) is 5.23. The van der Waals surface area contributed by atoms with Crippen LogP contribution >= 0.6 is 11.8 Å². The molecule has 1 amide bonds. The van der Waals surface area contributed by atoms with Crippen molar-refractivity contribution in [2.45, 2.75) is 51.9 Å². The number of hydrogen-bond donors (Lipinski definition) is 1. The van der Waals surface area contributed by atoms with E-state index in [2.05, 4.69) is 64.2 Å². The summed E-state index contributed by atoms with van der Waals surface area (Å²) >= 11 is 1.60. The summed E-state index contributed by atoms with van der Waals surface area (Å²) in [6, 6.07) is 12.6. The van der Waals surface area contributed by atoms with Crippen LogP contribution in [0, 0.1) is 20.8 Å². The van der Waals surface area contributed by atoms with Gasteiger partial charge in [-0.2, -0.15) is 0 Å². The van der Waals surface area contributed by atoms with Crippen molar-refractivity contribution in [3.05, 3.63) is 58.7 Å². The van der Waals surface area contributed by atoms with Crippen molar-refractivity contribution < 1.29 is 4.79 Å². The van der Waals surface area contributed by atoms with Crippen molar-refractivity contribution in [2.75, 3.05) is 11.1 Å². The number of benzene rings is 2. The molecule has 0 aliphatic heterocycles. The Kier molecular flexibility index (Phi) is 5.76. The highest BCUT2D eigenvalue weighted by atomic mass is 32.2. The SMILES string of the molecule is Cc1ccc(NC(=O)CSc2cc(C(C)(C)C)ccc2C)c(C)c1. The van der Waals surface area contributed by atoms with Crippen molar-refractivity contribution in [1.29, 1.82) is 0 Å². The van der Waals surface area contributed by atoms with E-state index in [0.717, 1.165) is 11.3 Å². The molecular weight excluding hydrogens is 314 g/mol. The van der Waals surface area contributed by atoms with Gasteiger partial charge in [0, 0.05) is 10.6 Å². The summed E-state index contributed by atoms with van der Waals surface area (Å²) in [7, 11) is 0. The highest BCUT2D eigenvalue weighted by Gasteiger charge is 2.15. The van der Waals surface area contributed by atoms with E-state index in [1.165, 1.54) is 21.6 Å². The van der Waals surface area contributed by atoms with Crippen molar-refractivity contribution in [3.63, 3.8) is 0 Å². The van der Waals surface area contributed by atoms with Gasteiger partial charge >= 0.3 is 0 Å². The van der Waals surface area contributed by atoms with E-state index in [9.17, 15) is 4.79 Å². The minimum absolute atomic E-state index is 0.0347. The van der Waals surface area contributed by atoms with Gasteiger partial charge in [0.2, 0.25) is 5.91 Å². The predicted molar refractivity (Wildman–Crippen MR) is 105 cm³/mol. The van der Waals surface area contributed by atoms with Crippen molar-refractivity contribution in [1.82, 2.24) is 0 Å². The van der Waals surface area contributed by atoms with Gasteiger partial charge in [0.05, 0.1) is 5.75 Å². The van der Waals surface area contributed by atoms with Crippen LogP contribution in [-0.4, -0.2) is 11.7 Å². The summed E-state index contributed by atoms with van der Waals surface area (Å²) in [6.07, 6.45) is 0. The Balaban J connectivity index is 2.04. The van der Waals surface area contributed by atoms with Crippen LogP contribution in [0.2, 0.25) is 0 Å². The van der Waals surface area contributed by atoms with E-state index in [-0.39, 0.29) is 11.3 Å². The predicted octanol–water partition coefficient (Wildman–Crippen LogP) is 5.64. The summed E-state index contributed by atoms with van der Waals surface area (Å²) in [5.74, 6) is 0.453. The number of thioether (sulfide) groups is 1. The lowest BCUT2D eigenvalue weighted by atomic mass is 9.87. The maximum Gasteiger partial charge on any atom is 0.234 e. The lowest BCUT2D eigenvalue weighted by Gasteiger charge is -2.20. The van der Waals surface area contributed by atoms with Crippen LogP contribution in [0.1, 0.15) is 43.0 Å². The molecule has 0 atom stereocenters.